The minimum absolute atomic E-state index is 0.293. The number of likely N-dealkylation sites (tertiary alicyclic amines) is 1. The molecule has 7 nitrogen and oxygen atoms in total. The number of ether oxygens (including phenoxy) is 3. The highest BCUT2D eigenvalue weighted by molar-refractivity contribution is 5.55. The molecule has 7 heteroatoms. The highest BCUT2D eigenvalue weighted by Gasteiger charge is 2.23. The van der Waals surface area contributed by atoms with Gasteiger partial charge in [-0.1, -0.05) is 5.16 Å². The monoisotopic (exact) mass is 387 g/mol. The standard InChI is InChI=1S/C21H29N3O4/c1-25-17-7-5-16(6-8-17)21-22-20(28-23-21)14-24-11-9-18(10-12-24)27-15-19-4-2-3-13-26-19/h5-8,18-19H,2-4,9-15H2,1H3. The van der Waals surface area contributed by atoms with Gasteiger partial charge in [0.25, 0.3) is 0 Å². The summed E-state index contributed by atoms with van der Waals surface area (Å²) < 4.78 is 22.5. The minimum atomic E-state index is 0.293. The van der Waals surface area contributed by atoms with Crippen LogP contribution in [0.4, 0.5) is 0 Å². The van der Waals surface area contributed by atoms with Crippen molar-refractivity contribution in [1.29, 1.82) is 0 Å². The fourth-order valence-electron chi connectivity index (χ4n) is 3.78. The van der Waals surface area contributed by atoms with Crippen LogP contribution in [0.5, 0.6) is 5.75 Å². The number of aromatic nitrogens is 2. The normalized spacial score (nSPS) is 21.7. The first-order valence-electron chi connectivity index (χ1n) is 10.2. The van der Waals surface area contributed by atoms with Gasteiger partial charge in [0, 0.05) is 25.3 Å². The molecule has 3 heterocycles. The molecular weight excluding hydrogens is 358 g/mol. The van der Waals surface area contributed by atoms with E-state index < -0.39 is 0 Å². The predicted molar refractivity (Wildman–Crippen MR) is 104 cm³/mol. The molecule has 0 amide bonds. The number of rotatable bonds is 7. The van der Waals surface area contributed by atoms with Gasteiger partial charge >= 0.3 is 0 Å². The molecule has 2 aliphatic rings. The van der Waals surface area contributed by atoms with Crippen molar-refractivity contribution in [3.8, 4) is 17.1 Å². The van der Waals surface area contributed by atoms with Crippen molar-refractivity contribution >= 4 is 0 Å². The molecule has 1 aromatic carbocycles. The van der Waals surface area contributed by atoms with Crippen LogP contribution in [0.25, 0.3) is 11.4 Å². The van der Waals surface area contributed by atoms with E-state index in [2.05, 4.69) is 15.0 Å². The molecule has 152 valence electrons. The average molecular weight is 387 g/mol. The van der Waals surface area contributed by atoms with Crippen molar-refractivity contribution in [3.63, 3.8) is 0 Å². The Labute approximate surface area is 166 Å². The van der Waals surface area contributed by atoms with Crippen LogP contribution < -0.4 is 4.74 Å². The van der Waals surface area contributed by atoms with Gasteiger partial charge in [-0.15, -0.1) is 0 Å². The molecule has 1 atom stereocenters. The number of benzene rings is 1. The fourth-order valence-corrected chi connectivity index (χ4v) is 3.78. The molecule has 0 spiro atoms. The van der Waals surface area contributed by atoms with Gasteiger partial charge in [0.2, 0.25) is 11.7 Å². The van der Waals surface area contributed by atoms with Crippen LogP contribution in [0, 0.1) is 0 Å². The molecule has 0 radical (unpaired) electrons. The van der Waals surface area contributed by atoms with Crippen molar-refractivity contribution < 1.29 is 18.7 Å². The Morgan fingerprint density at radius 2 is 1.93 bits per heavy atom. The van der Waals surface area contributed by atoms with Gasteiger partial charge in [0.1, 0.15) is 5.75 Å². The third-order valence-electron chi connectivity index (χ3n) is 5.50. The van der Waals surface area contributed by atoms with E-state index in [-0.39, 0.29) is 0 Å². The van der Waals surface area contributed by atoms with Crippen LogP contribution in [0.15, 0.2) is 28.8 Å². The Hall–Kier alpha value is -1.96. The summed E-state index contributed by atoms with van der Waals surface area (Å²) in [6.45, 7) is 4.27. The van der Waals surface area contributed by atoms with Crippen molar-refractivity contribution in [1.82, 2.24) is 15.0 Å². The summed E-state index contributed by atoms with van der Waals surface area (Å²) in [6, 6.07) is 7.67. The summed E-state index contributed by atoms with van der Waals surface area (Å²) in [5.41, 5.74) is 0.924. The van der Waals surface area contributed by atoms with Gasteiger partial charge in [-0.25, -0.2) is 0 Å². The molecule has 2 fully saturated rings. The molecule has 0 bridgehead atoms. The van der Waals surface area contributed by atoms with Crippen LogP contribution in [-0.4, -0.2) is 60.7 Å². The van der Waals surface area contributed by atoms with E-state index in [9.17, 15) is 0 Å². The number of hydrogen-bond acceptors (Lipinski definition) is 7. The van der Waals surface area contributed by atoms with Crippen LogP contribution in [0.2, 0.25) is 0 Å². The quantitative estimate of drug-likeness (QED) is 0.722. The summed E-state index contributed by atoms with van der Waals surface area (Å²) in [7, 11) is 1.65. The first-order valence-corrected chi connectivity index (χ1v) is 10.2. The lowest BCUT2D eigenvalue weighted by Crippen LogP contribution is -2.38. The van der Waals surface area contributed by atoms with E-state index in [0.717, 1.165) is 56.9 Å². The molecule has 0 N–H and O–H groups in total. The average Bonchev–Trinajstić information content (AvgIpc) is 3.22. The molecule has 28 heavy (non-hydrogen) atoms. The molecule has 4 rings (SSSR count). The van der Waals surface area contributed by atoms with Crippen molar-refractivity contribution in [2.45, 2.75) is 50.9 Å². The maximum atomic E-state index is 6.09. The predicted octanol–water partition coefficient (Wildman–Crippen LogP) is 3.30. The number of piperidine rings is 1. The maximum absolute atomic E-state index is 6.09. The van der Waals surface area contributed by atoms with Gasteiger partial charge < -0.3 is 18.7 Å². The van der Waals surface area contributed by atoms with Gasteiger partial charge in [0.15, 0.2) is 0 Å². The molecule has 1 unspecified atom stereocenters. The Balaban J connectivity index is 1.22. The lowest BCUT2D eigenvalue weighted by Gasteiger charge is -2.32. The molecule has 2 saturated heterocycles. The highest BCUT2D eigenvalue weighted by Crippen LogP contribution is 2.22. The number of hydrogen-bond donors (Lipinski definition) is 0. The second-order valence-electron chi connectivity index (χ2n) is 7.54. The van der Waals surface area contributed by atoms with E-state index in [1.54, 1.807) is 7.11 Å². The van der Waals surface area contributed by atoms with Crippen LogP contribution >= 0.6 is 0 Å². The topological polar surface area (TPSA) is 69.9 Å². The maximum Gasteiger partial charge on any atom is 0.241 e. The second-order valence-corrected chi connectivity index (χ2v) is 7.54. The third-order valence-corrected chi connectivity index (χ3v) is 5.50. The molecule has 0 saturated carbocycles. The Kier molecular flexibility index (Phi) is 6.57. The van der Waals surface area contributed by atoms with Gasteiger partial charge in [-0.05, 0) is 56.4 Å². The highest BCUT2D eigenvalue weighted by atomic mass is 16.5. The zero-order chi connectivity index (χ0) is 19.2. The van der Waals surface area contributed by atoms with Gasteiger partial charge in [0.05, 0.1) is 32.5 Å². The van der Waals surface area contributed by atoms with E-state index >= 15 is 0 Å². The summed E-state index contributed by atoms with van der Waals surface area (Å²) in [6.07, 6.45) is 6.27. The third kappa shape index (κ3) is 5.10. The Bertz CT molecular complexity index is 720. The molecular formula is C21H29N3O4. The summed E-state index contributed by atoms with van der Waals surface area (Å²) >= 11 is 0. The Morgan fingerprint density at radius 1 is 1.11 bits per heavy atom. The zero-order valence-electron chi connectivity index (χ0n) is 16.5. The lowest BCUT2D eigenvalue weighted by atomic mass is 10.1. The zero-order valence-corrected chi connectivity index (χ0v) is 16.5. The first kappa shape index (κ1) is 19.4. The second kappa shape index (κ2) is 9.49. The lowest BCUT2D eigenvalue weighted by molar-refractivity contribution is -0.0756. The van der Waals surface area contributed by atoms with E-state index in [1.807, 2.05) is 24.3 Å². The molecule has 2 aromatic rings. The molecule has 1 aromatic heterocycles. The summed E-state index contributed by atoms with van der Waals surface area (Å²) in [4.78, 5) is 6.89. The number of methoxy groups -OCH3 is 1. The smallest absolute Gasteiger partial charge is 0.241 e. The van der Waals surface area contributed by atoms with Crippen LogP contribution in [-0.2, 0) is 16.0 Å². The van der Waals surface area contributed by atoms with Crippen LogP contribution in [0.1, 0.15) is 38.0 Å². The molecule has 2 aliphatic heterocycles. The first-order chi connectivity index (χ1) is 13.8. The van der Waals surface area contributed by atoms with Crippen LogP contribution in [0.3, 0.4) is 0 Å². The van der Waals surface area contributed by atoms with E-state index in [4.69, 9.17) is 18.7 Å². The Morgan fingerprint density at radius 3 is 2.64 bits per heavy atom. The van der Waals surface area contributed by atoms with Crippen molar-refractivity contribution in [2.75, 3.05) is 33.4 Å². The van der Waals surface area contributed by atoms with Crippen molar-refractivity contribution in [2.24, 2.45) is 0 Å². The fraction of sp³-hybridized carbons (Fsp3) is 0.619. The van der Waals surface area contributed by atoms with Gasteiger partial charge in [-0.3, -0.25) is 4.90 Å². The largest absolute Gasteiger partial charge is 0.497 e. The SMILES string of the molecule is COc1ccc(-c2noc(CN3CCC(OCC4CCCCO4)CC3)n2)cc1. The molecule has 0 aliphatic carbocycles. The summed E-state index contributed by atoms with van der Waals surface area (Å²) in [5, 5.41) is 4.11. The summed E-state index contributed by atoms with van der Waals surface area (Å²) in [5.74, 6) is 2.08. The van der Waals surface area contributed by atoms with E-state index in [0.29, 0.717) is 30.5 Å². The number of nitrogens with zero attached hydrogens (tertiary/aromatic N) is 3. The minimum Gasteiger partial charge on any atom is -0.497 e. The van der Waals surface area contributed by atoms with E-state index in [1.165, 1.54) is 12.8 Å². The van der Waals surface area contributed by atoms with Crippen molar-refractivity contribution in [3.05, 3.63) is 30.2 Å². The van der Waals surface area contributed by atoms with Gasteiger partial charge in [-0.2, -0.15) is 4.98 Å².